The van der Waals surface area contributed by atoms with E-state index < -0.39 is 11.5 Å². The van der Waals surface area contributed by atoms with E-state index in [0.29, 0.717) is 22.0 Å². The van der Waals surface area contributed by atoms with Gasteiger partial charge in [-0.1, -0.05) is 41.9 Å². The molecule has 1 aliphatic heterocycles. The maximum Gasteiger partial charge on any atom is 0.264 e. The molecule has 1 heterocycles. The zero-order valence-corrected chi connectivity index (χ0v) is 15.4. The molecular weight excluding hydrogens is 354 g/mol. The standard InChI is InChI=1S/C20H20ClNO4/c1-13-6-5-7-15-18(13)22(19(24)20(15,25)12-14(2)23)10-11-26-17-9-4-3-8-16(17)21/h3-9,25H,10-12H2,1-2H3. The summed E-state index contributed by atoms with van der Waals surface area (Å²) in [6.45, 7) is 3.68. The van der Waals surface area contributed by atoms with Crippen LogP contribution in [0.2, 0.25) is 5.02 Å². The van der Waals surface area contributed by atoms with Crippen LogP contribution in [0.15, 0.2) is 42.5 Å². The first-order chi connectivity index (χ1) is 12.3. The number of ketones is 1. The molecule has 0 aromatic heterocycles. The number of halogens is 1. The number of nitrogens with zero attached hydrogens (tertiary/aromatic N) is 1. The second-order valence-corrected chi connectivity index (χ2v) is 6.85. The number of anilines is 1. The number of aryl methyl sites for hydroxylation is 1. The lowest BCUT2D eigenvalue weighted by molar-refractivity contribution is -0.141. The highest BCUT2D eigenvalue weighted by Gasteiger charge is 2.50. The lowest BCUT2D eigenvalue weighted by atomic mass is 9.89. The van der Waals surface area contributed by atoms with Crippen molar-refractivity contribution in [1.82, 2.24) is 0 Å². The third-order valence-electron chi connectivity index (χ3n) is 4.47. The Balaban J connectivity index is 1.85. The monoisotopic (exact) mass is 373 g/mol. The minimum atomic E-state index is -1.82. The van der Waals surface area contributed by atoms with Crippen molar-refractivity contribution in [2.75, 3.05) is 18.1 Å². The van der Waals surface area contributed by atoms with Gasteiger partial charge in [0.1, 0.15) is 18.1 Å². The summed E-state index contributed by atoms with van der Waals surface area (Å²) < 4.78 is 5.68. The van der Waals surface area contributed by atoms with Crippen molar-refractivity contribution >= 4 is 29.0 Å². The van der Waals surface area contributed by atoms with Gasteiger partial charge < -0.3 is 14.7 Å². The fourth-order valence-electron chi connectivity index (χ4n) is 3.34. The molecule has 5 nitrogen and oxygen atoms in total. The molecular formula is C20H20ClNO4. The van der Waals surface area contributed by atoms with E-state index in [2.05, 4.69) is 0 Å². The molecule has 0 fully saturated rings. The van der Waals surface area contributed by atoms with E-state index in [1.807, 2.05) is 19.1 Å². The average Bonchev–Trinajstić information content (AvgIpc) is 2.79. The summed E-state index contributed by atoms with van der Waals surface area (Å²) in [5, 5.41) is 11.5. The van der Waals surface area contributed by atoms with Crippen molar-refractivity contribution in [2.45, 2.75) is 25.9 Å². The van der Waals surface area contributed by atoms with Crippen LogP contribution in [0.1, 0.15) is 24.5 Å². The second-order valence-electron chi connectivity index (χ2n) is 6.45. The second kappa shape index (κ2) is 7.09. The number of hydrogen-bond donors (Lipinski definition) is 1. The summed E-state index contributed by atoms with van der Waals surface area (Å²) >= 11 is 6.07. The lowest BCUT2D eigenvalue weighted by Crippen LogP contribution is -2.43. The van der Waals surface area contributed by atoms with Crippen molar-refractivity contribution in [3.8, 4) is 5.75 Å². The summed E-state index contributed by atoms with van der Waals surface area (Å²) in [6.07, 6.45) is -0.246. The predicted octanol–water partition coefficient (Wildman–Crippen LogP) is 3.24. The average molecular weight is 374 g/mol. The van der Waals surface area contributed by atoms with Crippen LogP contribution in [-0.4, -0.2) is 29.9 Å². The molecule has 1 unspecified atom stereocenters. The third kappa shape index (κ3) is 3.20. The van der Waals surface area contributed by atoms with Gasteiger partial charge in [0.25, 0.3) is 5.91 Å². The molecule has 2 aromatic carbocycles. The molecule has 1 N–H and O–H groups in total. The molecule has 0 bridgehead atoms. The van der Waals surface area contributed by atoms with Gasteiger partial charge in [-0.05, 0) is 31.5 Å². The number of ether oxygens (including phenoxy) is 1. The summed E-state index contributed by atoms with van der Waals surface area (Å²) in [7, 11) is 0. The molecule has 26 heavy (non-hydrogen) atoms. The number of hydrogen-bond acceptors (Lipinski definition) is 4. The highest BCUT2D eigenvalue weighted by Crippen LogP contribution is 2.44. The largest absolute Gasteiger partial charge is 0.490 e. The normalized spacial score (nSPS) is 18.8. The van der Waals surface area contributed by atoms with Crippen LogP contribution in [0.5, 0.6) is 5.75 Å². The molecule has 1 aliphatic rings. The highest BCUT2D eigenvalue weighted by atomic mass is 35.5. The zero-order valence-electron chi connectivity index (χ0n) is 14.7. The zero-order chi connectivity index (χ0) is 18.9. The van der Waals surface area contributed by atoms with E-state index in [4.69, 9.17) is 16.3 Å². The highest BCUT2D eigenvalue weighted by molar-refractivity contribution is 6.32. The van der Waals surface area contributed by atoms with Crippen LogP contribution < -0.4 is 9.64 Å². The molecule has 2 aromatic rings. The van der Waals surface area contributed by atoms with Gasteiger partial charge in [-0.2, -0.15) is 0 Å². The SMILES string of the molecule is CC(=O)CC1(O)C(=O)N(CCOc2ccccc2Cl)c2c(C)cccc21. The molecule has 1 atom stereocenters. The molecule has 0 radical (unpaired) electrons. The summed E-state index contributed by atoms with van der Waals surface area (Å²) in [5.74, 6) is -0.216. The first-order valence-electron chi connectivity index (χ1n) is 8.36. The molecule has 0 aliphatic carbocycles. The van der Waals surface area contributed by atoms with Crippen LogP contribution in [0.3, 0.4) is 0 Å². The van der Waals surface area contributed by atoms with Crippen molar-refractivity contribution in [3.05, 3.63) is 58.6 Å². The molecule has 0 saturated heterocycles. The van der Waals surface area contributed by atoms with Gasteiger partial charge in [0.15, 0.2) is 5.60 Å². The quantitative estimate of drug-likeness (QED) is 0.844. The molecule has 0 spiro atoms. The smallest absolute Gasteiger partial charge is 0.264 e. The van der Waals surface area contributed by atoms with Crippen molar-refractivity contribution in [2.24, 2.45) is 0 Å². The number of benzene rings is 2. The lowest BCUT2D eigenvalue weighted by Gasteiger charge is -2.22. The summed E-state index contributed by atoms with van der Waals surface area (Å²) in [6, 6.07) is 12.4. The minimum Gasteiger partial charge on any atom is -0.490 e. The van der Waals surface area contributed by atoms with Gasteiger partial charge in [0.2, 0.25) is 0 Å². The van der Waals surface area contributed by atoms with Crippen LogP contribution in [0, 0.1) is 6.92 Å². The van der Waals surface area contributed by atoms with Crippen LogP contribution in [-0.2, 0) is 15.2 Å². The van der Waals surface area contributed by atoms with Gasteiger partial charge in [0, 0.05) is 12.0 Å². The Kier molecular flexibility index (Phi) is 5.03. The predicted molar refractivity (Wildman–Crippen MR) is 99.7 cm³/mol. The molecule has 136 valence electrons. The molecule has 3 rings (SSSR count). The third-order valence-corrected chi connectivity index (χ3v) is 4.78. The molecule has 6 heteroatoms. The Morgan fingerprint density at radius 1 is 1.23 bits per heavy atom. The number of amides is 1. The first-order valence-corrected chi connectivity index (χ1v) is 8.73. The Morgan fingerprint density at radius 3 is 2.65 bits per heavy atom. The van der Waals surface area contributed by atoms with Gasteiger partial charge in [-0.3, -0.25) is 9.59 Å². The van der Waals surface area contributed by atoms with Gasteiger partial charge >= 0.3 is 0 Å². The van der Waals surface area contributed by atoms with Crippen LogP contribution in [0.4, 0.5) is 5.69 Å². The van der Waals surface area contributed by atoms with E-state index in [-0.39, 0.29) is 25.4 Å². The number of rotatable bonds is 6. The van der Waals surface area contributed by atoms with Gasteiger partial charge in [-0.15, -0.1) is 0 Å². The van der Waals surface area contributed by atoms with E-state index in [1.54, 1.807) is 30.3 Å². The van der Waals surface area contributed by atoms with E-state index in [1.165, 1.54) is 11.8 Å². The first kappa shape index (κ1) is 18.4. The topological polar surface area (TPSA) is 66.8 Å². The van der Waals surface area contributed by atoms with Crippen molar-refractivity contribution in [1.29, 1.82) is 0 Å². The fourth-order valence-corrected chi connectivity index (χ4v) is 3.53. The maximum absolute atomic E-state index is 12.9. The number of fused-ring (bicyclic) bond motifs is 1. The number of aliphatic hydroxyl groups is 1. The van der Waals surface area contributed by atoms with Crippen molar-refractivity contribution in [3.63, 3.8) is 0 Å². The van der Waals surface area contributed by atoms with Crippen LogP contribution >= 0.6 is 11.6 Å². The number of Topliss-reactive ketones (excluding diaryl/α,β-unsaturated/α-hetero) is 1. The van der Waals surface area contributed by atoms with E-state index in [0.717, 1.165) is 5.56 Å². The Bertz CT molecular complexity index is 867. The fraction of sp³-hybridized carbons (Fsp3) is 0.300. The summed E-state index contributed by atoms with van der Waals surface area (Å²) in [5.41, 5.74) is 0.143. The van der Waals surface area contributed by atoms with Crippen molar-refractivity contribution < 1.29 is 19.4 Å². The van der Waals surface area contributed by atoms with E-state index in [9.17, 15) is 14.7 Å². The summed E-state index contributed by atoms with van der Waals surface area (Å²) in [4.78, 5) is 26.0. The number of para-hydroxylation sites is 2. The molecule has 1 amide bonds. The number of carbonyl (C=O) groups is 2. The van der Waals surface area contributed by atoms with Gasteiger partial charge in [0.05, 0.1) is 17.3 Å². The minimum absolute atomic E-state index is 0.208. The number of carbonyl (C=O) groups excluding carboxylic acids is 2. The molecule has 0 saturated carbocycles. The maximum atomic E-state index is 12.9. The Morgan fingerprint density at radius 2 is 1.96 bits per heavy atom. The van der Waals surface area contributed by atoms with Gasteiger partial charge in [-0.25, -0.2) is 0 Å². The van der Waals surface area contributed by atoms with E-state index >= 15 is 0 Å². The Hall–Kier alpha value is -2.37. The Labute approximate surface area is 157 Å². The van der Waals surface area contributed by atoms with Crippen LogP contribution in [0.25, 0.3) is 0 Å².